The third kappa shape index (κ3) is 1.51. The summed E-state index contributed by atoms with van der Waals surface area (Å²) in [4.78, 5) is 4.16. The zero-order chi connectivity index (χ0) is 9.42. The highest BCUT2D eigenvalue weighted by Crippen LogP contribution is 2.29. The van der Waals surface area contributed by atoms with E-state index in [9.17, 15) is 0 Å². The Morgan fingerprint density at radius 3 is 3.00 bits per heavy atom. The van der Waals surface area contributed by atoms with Crippen LogP contribution in [0.1, 0.15) is 0 Å². The number of fused-ring (bicyclic) bond motifs is 1. The van der Waals surface area contributed by atoms with Gasteiger partial charge in [0, 0.05) is 12.1 Å². The highest BCUT2D eigenvalue weighted by Gasteiger charge is 2.08. The second-order valence-corrected chi connectivity index (χ2v) is 3.80. The van der Waals surface area contributed by atoms with E-state index in [4.69, 9.17) is 16.0 Å². The first-order chi connectivity index (χ1) is 6.20. The summed E-state index contributed by atoms with van der Waals surface area (Å²) in [5, 5.41) is 3.46. The standard InChI is InChI=1S/C8H6BrClN2O/c1-11-8-12-6-3-4(10)2-5(9)7(6)13-8/h2-3H,1H3,(H,11,12). The van der Waals surface area contributed by atoms with E-state index in [1.807, 2.05) is 0 Å². The lowest BCUT2D eigenvalue weighted by Crippen LogP contribution is -1.85. The molecule has 0 atom stereocenters. The van der Waals surface area contributed by atoms with E-state index < -0.39 is 0 Å². The van der Waals surface area contributed by atoms with Crippen LogP contribution in [0.25, 0.3) is 11.1 Å². The van der Waals surface area contributed by atoms with Crippen LogP contribution in [-0.2, 0) is 0 Å². The lowest BCUT2D eigenvalue weighted by molar-refractivity contribution is 0.618. The number of halogens is 2. The van der Waals surface area contributed by atoms with Crippen molar-refractivity contribution in [3.63, 3.8) is 0 Å². The van der Waals surface area contributed by atoms with E-state index in [0.717, 1.165) is 9.99 Å². The average molecular weight is 262 g/mol. The Bertz CT molecular complexity index is 455. The molecule has 1 aromatic heterocycles. The predicted molar refractivity (Wildman–Crippen MR) is 56.3 cm³/mol. The van der Waals surface area contributed by atoms with Gasteiger partial charge in [0.2, 0.25) is 0 Å². The molecule has 0 aliphatic carbocycles. The Balaban J connectivity index is 2.75. The molecule has 3 nitrogen and oxygen atoms in total. The molecule has 0 aliphatic heterocycles. The second-order valence-electron chi connectivity index (χ2n) is 2.50. The molecule has 13 heavy (non-hydrogen) atoms. The van der Waals surface area contributed by atoms with Crippen molar-refractivity contribution in [1.82, 2.24) is 4.98 Å². The number of hydrogen-bond acceptors (Lipinski definition) is 3. The van der Waals surface area contributed by atoms with Crippen molar-refractivity contribution in [3.05, 3.63) is 21.6 Å². The van der Waals surface area contributed by atoms with Gasteiger partial charge in [0.05, 0.1) is 4.47 Å². The van der Waals surface area contributed by atoms with Crippen molar-refractivity contribution in [3.8, 4) is 0 Å². The number of oxazole rings is 1. The minimum Gasteiger partial charge on any atom is -0.422 e. The molecule has 0 aliphatic rings. The fraction of sp³-hybridized carbons (Fsp3) is 0.125. The van der Waals surface area contributed by atoms with E-state index in [2.05, 4.69) is 26.2 Å². The minimum atomic E-state index is 0.484. The summed E-state index contributed by atoms with van der Waals surface area (Å²) in [5.41, 5.74) is 1.44. The quantitative estimate of drug-likeness (QED) is 0.856. The van der Waals surface area contributed by atoms with Crippen LogP contribution in [0.4, 0.5) is 6.01 Å². The van der Waals surface area contributed by atoms with Gasteiger partial charge in [0.25, 0.3) is 6.01 Å². The molecule has 0 unspecified atom stereocenters. The van der Waals surface area contributed by atoms with Gasteiger partial charge < -0.3 is 9.73 Å². The van der Waals surface area contributed by atoms with Crippen molar-refractivity contribution in [2.45, 2.75) is 0 Å². The van der Waals surface area contributed by atoms with Gasteiger partial charge in [-0.05, 0) is 28.1 Å². The summed E-state index contributed by atoms with van der Waals surface area (Å²) in [5.74, 6) is 0. The maximum absolute atomic E-state index is 5.84. The van der Waals surface area contributed by atoms with Crippen molar-refractivity contribution in [2.24, 2.45) is 0 Å². The number of aromatic nitrogens is 1. The first kappa shape index (κ1) is 8.84. The van der Waals surface area contributed by atoms with Gasteiger partial charge in [-0.15, -0.1) is 0 Å². The average Bonchev–Trinajstić information content (AvgIpc) is 2.47. The lowest BCUT2D eigenvalue weighted by Gasteiger charge is -1.91. The van der Waals surface area contributed by atoms with E-state index in [0.29, 0.717) is 16.6 Å². The number of hydrogen-bond donors (Lipinski definition) is 1. The van der Waals surface area contributed by atoms with Gasteiger partial charge in [0.15, 0.2) is 5.58 Å². The van der Waals surface area contributed by atoms with Gasteiger partial charge in [-0.3, -0.25) is 0 Å². The molecular formula is C8H6BrClN2O. The van der Waals surface area contributed by atoms with Crippen LogP contribution in [0.2, 0.25) is 5.02 Å². The number of nitrogens with zero attached hydrogens (tertiary/aromatic N) is 1. The van der Waals surface area contributed by atoms with E-state index in [-0.39, 0.29) is 0 Å². The smallest absolute Gasteiger partial charge is 0.295 e. The topological polar surface area (TPSA) is 38.1 Å². The summed E-state index contributed by atoms with van der Waals surface area (Å²) in [6.45, 7) is 0. The van der Waals surface area contributed by atoms with Gasteiger partial charge in [-0.1, -0.05) is 11.6 Å². The van der Waals surface area contributed by atoms with Crippen LogP contribution >= 0.6 is 27.5 Å². The zero-order valence-corrected chi connectivity index (χ0v) is 9.11. The number of benzene rings is 1. The molecule has 0 amide bonds. The van der Waals surface area contributed by atoms with Crippen LogP contribution in [0.3, 0.4) is 0 Å². The monoisotopic (exact) mass is 260 g/mol. The minimum absolute atomic E-state index is 0.484. The van der Waals surface area contributed by atoms with Crippen molar-refractivity contribution < 1.29 is 4.42 Å². The molecule has 5 heteroatoms. The third-order valence-corrected chi connectivity index (χ3v) is 2.43. The van der Waals surface area contributed by atoms with Gasteiger partial charge in [-0.2, -0.15) is 4.98 Å². The Morgan fingerprint density at radius 2 is 2.31 bits per heavy atom. The summed E-state index contributed by atoms with van der Waals surface area (Å²) in [7, 11) is 1.75. The normalized spacial score (nSPS) is 10.7. The summed E-state index contributed by atoms with van der Waals surface area (Å²) >= 11 is 9.19. The van der Waals surface area contributed by atoms with Gasteiger partial charge in [0.1, 0.15) is 5.52 Å². The van der Waals surface area contributed by atoms with Crippen LogP contribution in [0, 0.1) is 0 Å². The predicted octanol–water partition coefficient (Wildman–Crippen LogP) is 3.29. The molecule has 0 saturated carbocycles. The summed E-state index contributed by atoms with van der Waals surface area (Å²) < 4.78 is 6.18. The van der Waals surface area contributed by atoms with E-state index >= 15 is 0 Å². The molecule has 2 rings (SSSR count). The molecular weight excluding hydrogens is 255 g/mol. The van der Waals surface area contributed by atoms with Crippen LogP contribution in [0.5, 0.6) is 0 Å². The molecule has 2 aromatic rings. The molecule has 1 N–H and O–H groups in total. The third-order valence-electron chi connectivity index (χ3n) is 1.62. The molecule has 0 fully saturated rings. The largest absolute Gasteiger partial charge is 0.422 e. The van der Waals surface area contributed by atoms with Crippen LogP contribution in [0.15, 0.2) is 21.0 Å². The highest BCUT2D eigenvalue weighted by molar-refractivity contribution is 9.10. The van der Waals surface area contributed by atoms with Crippen LogP contribution < -0.4 is 5.32 Å². The zero-order valence-electron chi connectivity index (χ0n) is 6.77. The Hall–Kier alpha value is -0.740. The number of anilines is 1. The fourth-order valence-electron chi connectivity index (χ4n) is 1.07. The molecule has 0 spiro atoms. The van der Waals surface area contributed by atoms with Gasteiger partial charge >= 0.3 is 0 Å². The van der Waals surface area contributed by atoms with Crippen LogP contribution in [-0.4, -0.2) is 12.0 Å². The summed E-state index contributed by atoms with van der Waals surface area (Å²) in [6, 6.07) is 4.01. The first-order valence-corrected chi connectivity index (χ1v) is 4.81. The van der Waals surface area contributed by atoms with Crippen molar-refractivity contribution >= 4 is 44.6 Å². The van der Waals surface area contributed by atoms with Crippen molar-refractivity contribution in [1.29, 1.82) is 0 Å². The molecule has 1 aromatic carbocycles. The number of rotatable bonds is 1. The lowest BCUT2D eigenvalue weighted by atomic mass is 10.3. The van der Waals surface area contributed by atoms with E-state index in [1.54, 1.807) is 19.2 Å². The molecule has 1 heterocycles. The first-order valence-electron chi connectivity index (χ1n) is 3.64. The SMILES string of the molecule is CNc1nc2cc(Cl)cc(Br)c2o1. The number of nitrogens with one attached hydrogen (secondary N) is 1. The Morgan fingerprint density at radius 1 is 1.54 bits per heavy atom. The maximum atomic E-state index is 5.84. The molecule has 0 saturated heterocycles. The summed E-state index contributed by atoms with van der Waals surface area (Å²) in [6.07, 6.45) is 0. The maximum Gasteiger partial charge on any atom is 0.295 e. The fourth-order valence-corrected chi connectivity index (χ4v) is 1.94. The second kappa shape index (κ2) is 3.20. The molecule has 68 valence electrons. The Kier molecular flexibility index (Phi) is 2.17. The van der Waals surface area contributed by atoms with Crippen molar-refractivity contribution in [2.75, 3.05) is 12.4 Å². The molecule has 0 bridgehead atoms. The van der Waals surface area contributed by atoms with E-state index in [1.165, 1.54) is 0 Å². The van der Waals surface area contributed by atoms with Gasteiger partial charge in [-0.25, -0.2) is 0 Å². The highest BCUT2D eigenvalue weighted by atomic mass is 79.9. The Labute approximate surface area is 88.2 Å². The molecule has 0 radical (unpaired) electrons.